The van der Waals surface area contributed by atoms with Crippen LogP contribution in [-0.4, -0.2) is 36.9 Å². The van der Waals surface area contributed by atoms with Crippen molar-refractivity contribution in [1.82, 2.24) is 10.6 Å². The quantitative estimate of drug-likeness (QED) is 0.519. The van der Waals surface area contributed by atoms with Gasteiger partial charge in [0.05, 0.1) is 11.5 Å². The number of rotatable bonds is 6. The smallest absolute Gasteiger partial charge is 0.282 e. The van der Waals surface area contributed by atoms with Crippen LogP contribution in [0.4, 0.5) is 11.4 Å². The van der Waals surface area contributed by atoms with E-state index >= 15 is 0 Å². The molecule has 0 bridgehead atoms. The van der Waals surface area contributed by atoms with Crippen LogP contribution in [0.2, 0.25) is 0 Å². The van der Waals surface area contributed by atoms with E-state index in [4.69, 9.17) is 0 Å². The number of nitrogens with zero attached hydrogens (tertiary/aromatic N) is 1. The number of amides is 2. The van der Waals surface area contributed by atoms with Crippen LogP contribution >= 0.6 is 0 Å². The summed E-state index contributed by atoms with van der Waals surface area (Å²) in [5.41, 5.74) is 0.210. The first kappa shape index (κ1) is 15.4. The van der Waals surface area contributed by atoms with Gasteiger partial charge in [0, 0.05) is 25.3 Å². The second-order valence-electron chi connectivity index (χ2n) is 3.88. The summed E-state index contributed by atoms with van der Waals surface area (Å²) in [6.07, 6.45) is 0. The Morgan fingerprint density at radius 2 is 2.05 bits per heavy atom. The molecule has 0 fully saturated rings. The van der Waals surface area contributed by atoms with Gasteiger partial charge in [-0.1, -0.05) is 0 Å². The van der Waals surface area contributed by atoms with Crippen molar-refractivity contribution in [3.63, 3.8) is 0 Å². The molecule has 3 N–H and O–H groups in total. The lowest BCUT2D eigenvalue weighted by Crippen LogP contribution is -2.35. The summed E-state index contributed by atoms with van der Waals surface area (Å²) >= 11 is 0. The number of carbonyl (C=O) groups is 2. The van der Waals surface area contributed by atoms with Gasteiger partial charge in [0.2, 0.25) is 5.91 Å². The van der Waals surface area contributed by atoms with Crippen LogP contribution in [0.25, 0.3) is 0 Å². The molecule has 0 spiro atoms. The first-order chi connectivity index (χ1) is 9.49. The van der Waals surface area contributed by atoms with Crippen LogP contribution in [0.1, 0.15) is 17.3 Å². The summed E-state index contributed by atoms with van der Waals surface area (Å²) in [5, 5.41) is 18.6. The summed E-state index contributed by atoms with van der Waals surface area (Å²) in [4.78, 5) is 33.3. The van der Waals surface area contributed by atoms with E-state index in [-0.39, 0.29) is 23.7 Å². The Hall–Kier alpha value is -2.64. The number of anilines is 1. The van der Waals surface area contributed by atoms with Gasteiger partial charge in [0.15, 0.2) is 0 Å². The number of nitro benzene ring substituents is 1. The number of carbonyl (C=O) groups excluding carboxylic acids is 2. The van der Waals surface area contributed by atoms with Crippen LogP contribution in [0.5, 0.6) is 0 Å². The molecule has 0 aliphatic carbocycles. The Morgan fingerprint density at radius 3 is 2.60 bits per heavy atom. The lowest BCUT2D eigenvalue weighted by atomic mass is 10.1. The van der Waals surface area contributed by atoms with Crippen LogP contribution in [0.15, 0.2) is 18.2 Å². The molecule has 0 atom stereocenters. The van der Waals surface area contributed by atoms with E-state index in [9.17, 15) is 19.7 Å². The average Bonchev–Trinajstić information content (AvgIpc) is 2.44. The highest BCUT2D eigenvalue weighted by Gasteiger charge is 2.20. The highest BCUT2D eigenvalue weighted by atomic mass is 16.6. The zero-order valence-electron chi connectivity index (χ0n) is 11.2. The first-order valence-corrected chi connectivity index (χ1v) is 6.00. The summed E-state index contributed by atoms with van der Waals surface area (Å²) in [6, 6.07) is 4.17. The Kier molecular flexibility index (Phi) is 5.45. The molecule has 8 nitrogen and oxygen atoms in total. The predicted octanol–water partition coefficient (Wildman–Crippen LogP) is 0.502. The summed E-state index contributed by atoms with van der Waals surface area (Å²) < 4.78 is 0. The molecule has 1 aromatic rings. The topological polar surface area (TPSA) is 113 Å². The van der Waals surface area contributed by atoms with Crippen molar-refractivity contribution >= 4 is 23.2 Å². The fraction of sp³-hybridized carbons (Fsp3) is 0.333. The molecular formula is C12H16N4O4. The fourth-order valence-electron chi connectivity index (χ4n) is 1.54. The Morgan fingerprint density at radius 1 is 1.35 bits per heavy atom. The Balaban J connectivity index is 2.99. The average molecular weight is 280 g/mol. The monoisotopic (exact) mass is 280 g/mol. The third-order valence-electron chi connectivity index (χ3n) is 2.51. The zero-order chi connectivity index (χ0) is 15.1. The molecule has 0 heterocycles. The minimum absolute atomic E-state index is 0.0858. The number of hydrogen-bond acceptors (Lipinski definition) is 5. The molecule has 20 heavy (non-hydrogen) atoms. The normalized spacial score (nSPS) is 9.70. The molecule has 1 rings (SSSR count). The number of likely N-dealkylation sites (N-methyl/N-ethyl adjacent to an activating group) is 1. The van der Waals surface area contributed by atoms with Gasteiger partial charge in [-0.25, -0.2) is 0 Å². The predicted molar refractivity (Wildman–Crippen MR) is 73.7 cm³/mol. The van der Waals surface area contributed by atoms with Crippen molar-refractivity contribution in [2.75, 3.05) is 25.5 Å². The third-order valence-corrected chi connectivity index (χ3v) is 2.51. The minimum Gasteiger partial charge on any atom is -0.385 e. The van der Waals surface area contributed by atoms with E-state index in [1.165, 1.54) is 25.2 Å². The molecule has 8 heteroatoms. The maximum absolute atomic E-state index is 11.9. The molecule has 0 aliphatic heterocycles. The lowest BCUT2D eigenvalue weighted by molar-refractivity contribution is -0.385. The van der Waals surface area contributed by atoms with Gasteiger partial charge in [0.25, 0.3) is 11.6 Å². The standard InChI is InChI=1S/C12H16N4O4/c1-3-14-8-4-5-10(16(19)20)9(6-8)12(18)15-7-11(17)13-2/h4-6,14H,3,7H2,1-2H3,(H,13,17)(H,15,18). The molecule has 2 amide bonds. The summed E-state index contributed by atoms with van der Waals surface area (Å²) in [5.74, 6) is -1.05. The van der Waals surface area contributed by atoms with Crippen molar-refractivity contribution in [3.8, 4) is 0 Å². The number of hydrogen-bond donors (Lipinski definition) is 3. The highest BCUT2D eigenvalue weighted by molar-refractivity contribution is 6.00. The molecule has 0 saturated heterocycles. The first-order valence-electron chi connectivity index (χ1n) is 6.00. The second-order valence-corrected chi connectivity index (χ2v) is 3.88. The van der Waals surface area contributed by atoms with Crippen LogP contribution in [0, 0.1) is 10.1 Å². The molecule has 0 unspecified atom stereocenters. The number of nitrogens with one attached hydrogen (secondary N) is 3. The maximum Gasteiger partial charge on any atom is 0.282 e. The van der Waals surface area contributed by atoms with Crippen molar-refractivity contribution in [3.05, 3.63) is 33.9 Å². The van der Waals surface area contributed by atoms with Crippen molar-refractivity contribution in [2.24, 2.45) is 0 Å². The van der Waals surface area contributed by atoms with Crippen molar-refractivity contribution < 1.29 is 14.5 Å². The number of benzene rings is 1. The fourth-order valence-corrected chi connectivity index (χ4v) is 1.54. The van der Waals surface area contributed by atoms with E-state index in [2.05, 4.69) is 16.0 Å². The molecule has 1 aromatic carbocycles. The molecular weight excluding hydrogens is 264 g/mol. The molecule has 0 aromatic heterocycles. The zero-order valence-corrected chi connectivity index (χ0v) is 11.2. The van der Waals surface area contributed by atoms with Gasteiger partial charge in [-0.05, 0) is 19.1 Å². The van der Waals surface area contributed by atoms with Gasteiger partial charge >= 0.3 is 0 Å². The molecule has 0 saturated carbocycles. The molecule has 0 radical (unpaired) electrons. The Labute approximate surface area is 115 Å². The lowest BCUT2D eigenvalue weighted by Gasteiger charge is -2.08. The van der Waals surface area contributed by atoms with Crippen LogP contribution in [0.3, 0.4) is 0 Å². The van der Waals surface area contributed by atoms with Crippen LogP contribution in [-0.2, 0) is 4.79 Å². The minimum atomic E-state index is -0.667. The van der Waals surface area contributed by atoms with Gasteiger partial charge in [0.1, 0.15) is 5.56 Å². The van der Waals surface area contributed by atoms with Gasteiger partial charge in [-0.3, -0.25) is 19.7 Å². The molecule has 108 valence electrons. The SMILES string of the molecule is CCNc1ccc([N+](=O)[O-])c(C(=O)NCC(=O)NC)c1. The highest BCUT2D eigenvalue weighted by Crippen LogP contribution is 2.22. The molecule has 0 aliphatic rings. The van der Waals surface area contributed by atoms with Crippen molar-refractivity contribution in [1.29, 1.82) is 0 Å². The maximum atomic E-state index is 11.9. The van der Waals surface area contributed by atoms with E-state index < -0.39 is 10.8 Å². The number of nitro groups is 1. The van der Waals surface area contributed by atoms with E-state index in [1.54, 1.807) is 0 Å². The van der Waals surface area contributed by atoms with Gasteiger partial charge < -0.3 is 16.0 Å². The third kappa shape index (κ3) is 3.94. The van der Waals surface area contributed by atoms with Crippen molar-refractivity contribution in [2.45, 2.75) is 6.92 Å². The van der Waals surface area contributed by atoms with E-state index in [0.717, 1.165) is 0 Å². The van der Waals surface area contributed by atoms with E-state index in [1.807, 2.05) is 6.92 Å². The summed E-state index contributed by atoms with van der Waals surface area (Å²) in [6.45, 7) is 2.25. The van der Waals surface area contributed by atoms with E-state index in [0.29, 0.717) is 12.2 Å². The van der Waals surface area contributed by atoms with Crippen LogP contribution < -0.4 is 16.0 Å². The second kappa shape index (κ2) is 7.07. The Bertz CT molecular complexity index is 530. The van der Waals surface area contributed by atoms with Gasteiger partial charge in [-0.2, -0.15) is 0 Å². The van der Waals surface area contributed by atoms with Gasteiger partial charge in [-0.15, -0.1) is 0 Å². The largest absolute Gasteiger partial charge is 0.385 e. The summed E-state index contributed by atoms with van der Waals surface area (Å²) in [7, 11) is 1.43.